The van der Waals surface area contributed by atoms with Gasteiger partial charge in [-0.25, -0.2) is 4.79 Å². The van der Waals surface area contributed by atoms with Crippen molar-refractivity contribution in [2.75, 3.05) is 11.9 Å². The number of ether oxygens (including phenoxy) is 1. The van der Waals surface area contributed by atoms with E-state index in [0.29, 0.717) is 5.33 Å². The van der Waals surface area contributed by atoms with Gasteiger partial charge < -0.3 is 4.74 Å². The fraction of sp³-hybridized carbons (Fsp3) is 0.300. The largest absolute Gasteiger partial charge is 0.450 e. The molecule has 0 heterocycles. The maximum Gasteiger partial charge on any atom is 0.411 e. The van der Waals surface area contributed by atoms with Gasteiger partial charge in [0.25, 0.3) is 5.69 Å². The molecule has 1 N–H and O–H groups in total. The van der Waals surface area contributed by atoms with Crippen LogP contribution < -0.4 is 5.32 Å². The Morgan fingerprint density at radius 3 is 2.82 bits per heavy atom. The number of nitrogens with one attached hydrogen (secondary N) is 1. The monoisotopic (exact) mass is 302 g/mol. The molecule has 0 unspecified atom stereocenters. The van der Waals surface area contributed by atoms with Gasteiger partial charge in [-0.1, -0.05) is 22.0 Å². The number of carbonyl (C=O) groups is 1. The summed E-state index contributed by atoms with van der Waals surface area (Å²) in [5.41, 5.74) is 0.722. The Bertz CT molecular complexity index is 436. The van der Waals surface area contributed by atoms with E-state index in [1.807, 2.05) is 0 Å². The molecule has 1 rings (SSSR count). The van der Waals surface area contributed by atoms with Gasteiger partial charge >= 0.3 is 6.09 Å². The number of anilines is 1. The Kier molecular flexibility index (Phi) is 4.89. The third-order valence-corrected chi connectivity index (χ3v) is 2.57. The number of nitro benzene ring substituents is 1. The second kappa shape index (κ2) is 6.19. The first kappa shape index (κ1) is 13.4. The lowest BCUT2D eigenvalue weighted by Gasteiger charge is -2.06. The standard InChI is InChI=1S/C10H11BrN2O4/c1-2-17-10(14)12-8-4-3-7(6-11)5-9(8)13(15)16/h3-5H,2,6H2,1H3,(H,12,14). The van der Waals surface area contributed by atoms with Crippen LogP contribution in [0.25, 0.3) is 0 Å². The van der Waals surface area contributed by atoms with E-state index >= 15 is 0 Å². The first-order chi connectivity index (χ1) is 8.08. The summed E-state index contributed by atoms with van der Waals surface area (Å²) in [4.78, 5) is 21.5. The van der Waals surface area contributed by atoms with Crippen molar-refractivity contribution in [3.05, 3.63) is 33.9 Å². The molecule has 7 heteroatoms. The lowest BCUT2D eigenvalue weighted by atomic mass is 10.2. The molecule has 0 bridgehead atoms. The molecule has 0 radical (unpaired) electrons. The van der Waals surface area contributed by atoms with E-state index < -0.39 is 11.0 Å². The zero-order valence-electron chi connectivity index (χ0n) is 9.10. The lowest BCUT2D eigenvalue weighted by Crippen LogP contribution is -2.14. The number of hydrogen-bond donors (Lipinski definition) is 1. The molecule has 0 aliphatic heterocycles. The number of nitrogens with zero attached hydrogens (tertiary/aromatic N) is 1. The highest BCUT2D eigenvalue weighted by atomic mass is 79.9. The molecule has 0 fully saturated rings. The number of alkyl halides is 1. The van der Waals surface area contributed by atoms with Crippen LogP contribution in [0, 0.1) is 10.1 Å². The third-order valence-electron chi connectivity index (χ3n) is 1.93. The molecule has 0 aliphatic carbocycles. The van der Waals surface area contributed by atoms with E-state index in [2.05, 4.69) is 26.0 Å². The second-order valence-corrected chi connectivity index (χ2v) is 3.65. The van der Waals surface area contributed by atoms with E-state index in [0.717, 1.165) is 5.56 Å². The molecule has 92 valence electrons. The maximum atomic E-state index is 11.2. The SMILES string of the molecule is CCOC(=O)Nc1ccc(CBr)cc1[N+](=O)[O-]. The quantitative estimate of drug-likeness (QED) is 0.526. The molecule has 0 aromatic heterocycles. The summed E-state index contributed by atoms with van der Waals surface area (Å²) in [7, 11) is 0. The van der Waals surface area contributed by atoms with E-state index in [4.69, 9.17) is 0 Å². The fourth-order valence-corrected chi connectivity index (χ4v) is 1.54. The predicted octanol–water partition coefficient (Wildman–Crippen LogP) is 3.06. The van der Waals surface area contributed by atoms with E-state index in [1.54, 1.807) is 13.0 Å². The number of benzene rings is 1. The van der Waals surface area contributed by atoms with Crippen LogP contribution in [0.15, 0.2) is 18.2 Å². The summed E-state index contributed by atoms with van der Waals surface area (Å²) in [5.74, 6) is 0. The van der Waals surface area contributed by atoms with Crippen LogP contribution in [-0.2, 0) is 10.1 Å². The first-order valence-electron chi connectivity index (χ1n) is 4.85. The highest BCUT2D eigenvalue weighted by molar-refractivity contribution is 9.08. The van der Waals surface area contributed by atoms with Gasteiger partial charge in [-0.2, -0.15) is 0 Å². The van der Waals surface area contributed by atoms with Crippen LogP contribution in [0.1, 0.15) is 12.5 Å². The van der Waals surface area contributed by atoms with Crippen molar-refractivity contribution in [3.63, 3.8) is 0 Å². The Hall–Kier alpha value is -1.63. The van der Waals surface area contributed by atoms with Crippen molar-refractivity contribution >= 4 is 33.4 Å². The average molecular weight is 303 g/mol. The van der Waals surface area contributed by atoms with Crippen molar-refractivity contribution in [1.29, 1.82) is 0 Å². The molecular weight excluding hydrogens is 292 g/mol. The third kappa shape index (κ3) is 3.70. The van der Waals surface area contributed by atoms with Crippen molar-refractivity contribution in [1.82, 2.24) is 0 Å². The first-order valence-corrected chi connectivity index (χ1v) is 5.97. The summed E-state index contributed by atoms with van der Waals surface area (Å²) in [6.45, 7) is 1.86. The topological polar surface area (TPSA) is 81.5 Å². The molecule has 1 aromatic rings. The van der Waals surface area contributed by atoms with Crippen molar-refractivity contribution in [2.24, 2.45) is 0 Å². The summed E-state index contributed by atoms with van der Waals surface area (Å²) in [6.07, 6.45) is -0.706. The number of rotatable bonds is 4. The van der Waals surface area contributed by atoms with Gasteiger partial charge in [-0.15, -0.1) is 0 Å². The van der Waals surface area contributed by atoms with Crippen molar-refractivity contribution < 1.29 is 14.5 Å². The van der Waals surface area contributed by atoms with Gasteiger partial charge in [0, 0.05) is 11.4 Å². The zero-order valence-corrected chi connectivity index (χ0v) is 10.7. The number of carbonyl (C=O) groups excluding carboxylic acids is 1. The summed E-state index contributed by atoms with van der Waals surface area (Å²) >= 11 is 3.21. The van der Waals surface area contributed by atoms with Crippen LogP contribution >= 0.6 is 15.9 Å². The highest BCUT2D eigenvalue weighted by Gasteiger charge is 2.16. The Morgan fingerprint density at radius 1 is 1.59 bits per heavy atom. The van der Waals surface area contributed by atoms with Gasteiger partial charge in [0.15, 0.2) is 0 Å². The summed E-state index contributed by atoms with van der Waals surface area (Å²) < 4.78 is 4.66. The molecule has 0 spiro atoms. The van der Waals surface area contributed by atoms with Crippen LogP contribution in [0.3, 0.4) is 0 Å². The normalized spacial score (nSPS) is 9.76. The van der Waals surface area contributed by atoms with E-state index in [1.165, 1.54) is 12.1 Å². The fourth-order valence-electron chi connectivity index (χ4n) is 1.19. The number of halogens is 1. The minimum Gasteiger partial charge on any atom is -0.450 e. The van der Waals surface area contributed by atoms with Crippen molar-refractivity contribution in [3.8, 4) is 0 Å². The average Bonchev–Trinajstić information content (AvgIpc) is 2.29. The molecule has 0 atom stereocenters. The Labute approximate surface area is 106 Å². The smallest absolute Gasteiger partial charge is 0.411 e. The van der Waals surface area contributed by atoms with Crippen LogP contribution in [-0.4, -0.2) is 17.6 Å². The summed E-state index contributed by atoms with van der Waals surface area (Å²) in [6, 6.07) is 4.56. The Morgan fingerprint density at radius 2 is 2.29 bits per heavy atom. The lowest BCUT2D eigenvalue weighted by molar-refractivity contribution is -0.384. The number of hydrogen-bond acceptors (Lipinski definition) is 4. The van der Waals surface area contributed by atoms with Crippen LogP contribution in [0.4, 0.5) is 16.2 Å². The second-order valence-electron chi connectivity index (χ2n) is 3.09. The van der Waals surface area contributed by atoms with Gasteiger partial charge in [0.1, 0.15) is 5.69 Å². The van der Waals surface area contributed by atoms with Crippen LogP contribution in [0.5, 0.6) is 0 Å². The number of amides is 1. The van der Waals surface area contributed by atoms with Crippen LogP contribution in [0.2, 0.25) is 0 Å². The van der Waals surface area contributed by atoms with Gasteiger partial charge in [-0.3, -0.25) is 15.4 Å². The minimum absolute atomic E-state index is 0.123. The molecule has 1 aromatic carbocycles. The van der Waals surface area contributed by atoms with Gasteiger partial charge in [0.05, 0.1) is 11.5 Å². The molecule has 1 amide bonds. The molecule has 6 nitrogen and oxygen atoms in total. The maximum absolute atomic E-state index is 11.2. The molecule has 0 saturated carbocycles. The van der Waals surface area contributed by atoms with E-state index in [-0.39, 0.29) is 18.0 Å². The molecule has 0 saturated heterocycles. The zero-order chi connectivity index (χ0) is 12.8. The highest BCUT2D eigenvalue weighted by Crippen LogP contribution is 2.26. The minimum atomic E-state index is -0.706. The molecule has 17 heavy (non-hydrogen) atoms. The van der Waals surface area contributed by atoms with Crippen molar-refractivity contribution in [2.45, 2.75) is 12.3 Å². The van der Waals surface area contributed by atoms with E-state index in [9.17, 15) is 14.9 Å². The predicted molar refractivity (Wildman–Crippen MR) is 66.4 cm³/mol. The van der Waals surface area contributed by atoms with Gasteiger partial charge in [-0.05, 0) is 18.6 Å². The number of nitro groups is 1. The summed E-state index contributed by atoms with van der Waals surface area (Å²) in [5, 5.41) is 13.7. The van der Waals surface area contributed by atoms with Gasteiger partial charge in [0.2, 0.25) is 0 Å². The molecular formula is C10H11BrN2O4. The molecule has 0 aliphatic rings. The Balaban J connectivity index is 2.98.